The van der Waals surface area contributed by atoms with E-state index in [0.29, 0.717) is 23.8 Å². The van der Waals surface area contributed by atoms with Gasteiger partial charge in [-0.1, -0.05) is 112 Å². The second kappa shape index (κ2) is 14.6. The maximum Gasteiger partial charge on any atom is 0.284 e. The van der Waals surface area contributed by atoms with E-state index in [2.05, 4.69) is 18.6 Å². The van der Waals surface area contributed by atoms with Crippen LogP contribution in [0, 0.1) is 18.8 Å². The van der Waals surface area contributed by atoms with E-state index >= 15 is 0 Å². The smallest absolute Gasteiger partial charge is 0.267 e. The first kappa shape index (κ1) is 33.5. The Morgan fingerprint density at radius 3 is 2.16 bits per heavy atom. The van der Waals surface area contributed by atoms with Crippen molar-refractivity contribution in [2.75, 3.05) is 0 Å². The zero-order valence-corrected chi connectivity index (χ0v) is 28.0. The Morgan fingerprint density at radius 1 is 1.00 bits per heavy atom. The first-order valence-electron chi connectivity index (χ1n) is 15.0. The predicted octanol–water partition coefficient (Wildman–Crippen LogP) is 8.29. The fourth-order valence-electron chi connectivity index (χ4n) is 5.61. The van der Waals surface area contributed by atoms with E-state index in [1.165, 1.54) is 0 Å². The molecule has 0 amide bonds. The quantitative estimate of drug-likeness (QED) is 0.179. The molecule has 6 nitrogen and oxygen atoms in total. The SMILES string of the molecule is CCC(C)[C@@H](O[S@@](=O)N=C(CC(C)C)C1(c2ccc(Cl)cc2)CCC1)C(NS(=O)(=O)c1ccc(C)cc1)c1ccccc1. The molecule has 0 radical (unpaired) electrons. The van der Waals surface area contributed by atoms with Crippen molar-refractivity contribution in [2.24, 2.45) is 16.2 Å². The highest BCUT2D eigenvalue weighted by atomic mass is 35.5. The van der Waals surface area contributed by atoms with Crippen LogP contribution in [0.1, 0.15) is 82.5 Å². The normalized spacial score (nSPS) is 18.1. The number of halogens is 1. The molecule has 43 heavy (non-hydrogen) atoms. The molecular weight excluding hydrogens is 600 g/mol. The number of nitrogens with zero attached hydrogens (tertiary/aromatic N) is 1. The summed E-state index contributed by atoms with van der Waals surface area (Å²) in [7, 11) is -3.92. The van der Waals surface area contributed by atoms with Crippen LogP contribution in [0.15, 0.2) is 88.2 Å². The molecule has 9 heteroatoms. The third-order valence-corrected chi connectivity index (χ3v) is 10.9. The second-order valence-corrected chi connectivity index (χ2v) is 15.0. The summed E-state index contributed by atoms with van der Waals surface area (Å²) >= 11 is 4.14. The third-order valence-electron chi connectivity index (χ3n) is 8.44. The molecule has 4 rings (SSSR count). The Bertz CT molecular complexity index is 1500. The molecule has 1 aliphatic carbocycles. The van der Waals surface area contributed by atoms with Gasteiger partial charge in [0.05, 0.1) is 17.0 Å². The van der Waals surface area contributed by atoms with Crippen LogP contribution in [0.25, 0.3) is 0 Å². The topological polar surface area (TPSA) is 84.8 Å². The summed E-state index contributed by atoms with van der Waals surface area (Å²) in [6, 6.07) is 23.1. The maximum absolute atomic E-state index is 13.8. The van der Waals surface area contributed by atoms with Crippen molar-refractivity contribution in [1.29, 1.82) is 0 Å². The van der Waals surface area contributed by atoms with E-state index in [9.17, 15) is 12.6 Å². The molecule has 0 bridgehead atoms. The average molecular weight is 643 g/mol. The summed E-state index contributed by atoms with van der Waals surface area (Å²) in [5.41, 5.74) is 3.35. The summed E-state index contributed by atoms with van der Waals surface area (Å²) < 4.78 is 55.0. The minimum atomic E-state index is -3.92. The van der Waals surface area contributed by atoms with Crippen LogP contribution in [0.5, 0.6) is 0 Å². The Morgan fingerprint density at radius 2 is 1.63 bits per heavy atom. The average Bonchev–Trinajstić information content (AvgIpc) is 2.95. The van der Waals surface area contributed by atoms with Crippen molar-refractivity contribution >= 4 is 38.6 Å². The minimum absolute atomic E-state index is 0.132. The number of nitrogens with one attached hydrogen (secondary N) is 1. The maximum atomic E-state index is 13.8. The monoisotopic (exact) mass is 642 g/mol. The molecular formula is C34H43ClN2O4S2. The molecule has 1 aliphatic rings. The van der Waals surface area contributed by atoms with Crippen LogP contribution >= 0.6 is 11.6 Å². The van der Waals surface area contributed by atoms with Crippen molar-refractivity contribution < 1.29 is 16.8 Å². The molecule has 3 aromatic rings. The van der Waals surface area contributed by atoms with Gasteiger partial charge in [0, 0.05) is 16.1 Å². The van der Waals surface area contributed by atoms with Gasteiger partial charge in [-0.2, -0.15) is 4.40 Å². The highest BCUT2D eigenvalue weighted by Crippen LogP contribution is 2.47. The van der Waals surface area contributed by atoms with Gasteiger partial charge >= 0.3 is 0 Å². The van der Waals surface area contributed by atoms with Crippen LogP contribution in [0.3, 0.4) is 0 Å². The van der Waals surface area contributed by atoms with E-state index in [0.717, 1.165) is 41.7 Å². The van der Waals surface area contributed by atoms with Crippen LogP contribution in [0.2, 0.25) is 5.02 Å². The first-order valence-corrected chi connectivity index (χ1v) is 17.9. The fourth-order valence-corrected chi connectivity index (χ4v) is 7.93. The molecule has 232 valence electrons. The van der Waals surface area contributed by atoms with Crippen LogP contribution in [-0.4, -0.2) is 24.4 Å². The lowest BCUT2D eigenvalue weighted by molar-refractivity contribution is 0.122. The molecule has 0 heterocycles. The summed E-state index contributed by atoms with van der Waals surface area (Å²) in [6.45, 7) is 10.2. The van der Waals surface area contributed by atoms with Gasteiger partial charge in [-0.15, -0.1) is 0 Å². The van der Waals surface area contributed by atoms with Crippen molar-refractivity contribution in [3.05, 3.63) is 101 Å². The standard InChI is InChI=1S/C34H43ClN2O4S2/c1-6-26(5)33(32(27-11-8-7-9-12-27)37-43(39,40)30-19-13-25(4)14-20-30)41-42(38)36-31(23-24(2)3)34(21-10-22-34)28-15-17-29(35)18-16-28/h7-9,11-20,24,26,32-33,37H,6,10,21-23H2,1-5H3/t26?,32?,33-,42-/m1/s1. The first-order chi connectivity index (χ1) is 20.4. The Kier molecular flexibility index (Phi) is 11.4. The van der Waals surface area contributed by atoms with Crippen LogP contribution in [0.4, 0.5) is 0 Å². The molecule has 1 fully saturated rings. The van der Waals surface area contributed by atoms with Crippen molar-refractivity contribution in [2.45, 2.75) is 89.2 Å². The molecule has 3 aromatic carbocycles. The number of hydrogen-bond acceptors (Lipinski definition) is 4. The molecule has 2 unspecified atom stereocenters. The van der Waals surface area contributed by atoms with Gasteiger partial charge in [-0.05, 0) is 73.4 Å². The summed E-state index contributed by atoms with van der Waals surface area (Å²) in [5, 5.41) is 0.670. The van der Waals surface area contributed by atoms with E-state index in [4.69, 9.17) is 20.2 Å². The Hall–Kier alpha value is -2.36. The number of hydrogen-bond donors (Lipinski definition) is 1. The van der Waals surface area contributed by atoms with Gasteiger partial charge < -0.3 is 0 Å². The van der Waals surface area contributed by atoms with Crippen LogP contribution < -0.4 is 4.72 Å². The summed E-state index contributed by atoms with van der Waals surface area (Å²) in [5.74, 6) is 0.164. The molecule has 1 saturated carbocycles. The molecule has 0 aromatic heterocycles. The van der Waals surface area contributed by atoms with E-state index in [1.54, 1.807) is 24.3 Å². The number of sulfonamides is 1. The highest BCUT2D eigenvalue weighted by molar-refractivity contribution is 7.89. The molecule has 1 N–H and O–H groups in total. The number of aryl methyl sites for hydroxylation is 1. The van der Waals surface area contributed by atoms with E-state index in [1.807, 2.05) is 75.4 Å². The third kappa shape index (κ3) is 8.22. The Labute approximate surface area is 265 Å². The molecule has 4 atom stereocenters. The second-order valence-electron chi connectivity index (χ2n) is 12.1. The zero-order valence-electron chi connectivity index (χ0n) is 25.6. The van der Waals surface area contributed by atoms with Crippen molar-refractivity contribution in [1.82, 2.24) is 4.72 Å². The van der Waals surface area contributed by atoms with Gasteiger partial charge in [-0.25, -0.2) is 17.3 Å². The number of benzene rings is 3. The van der Waals surface area contributed by atoms with Gasteiger partial charge in [-0.3, -0.25) is 4.18 Å². The van der Waals surface area contributed by atoms with Crippen LogP contribution in [-0.2, 0) is 30.9 Å². The fraction of sp³-hybridized carbons (Fsp3) is 0.441. The lowest BCUT2D eigenvalue weighted by Crippen LogP contribution is -2.44. The lowest BCUT2D eigenvalue weighted by atomic mass is 9.60. The van der Waals surface area contributed by atoms with E-state index < -0.39 is 33.4 Å². The van der Waals surface area contributed by atoms with Gasteiger partial charge in [0.15, 0.2) is 0 Å². The molecule has 0 saturated heterocycles. The minimum Gasteiger partial charge on any atom is -0.267 e. The largest absolute Gasteiger partial charge is 0.284 e. The summed E-state index contributed by atoms with van der Waals surface area (Å²) in [4.78, 5) is 0.162. The van der Waals surface area contributed by atoms with Crippen molar-refractivity contribution in [3.8, 4) is 0 Å². The lowest BCUT2D eigenvalue weighted by Gasteiger charge is -2.44. The Balaban J connectivity index is 1.71. The zero-order chi connectivity index (χ0) is 31.2. The van der Waals surface area contributed by atoms with Gasteiger partial charge in [0.25, 0.3) is 11.3 Å². The van der Waals surface area contributed by atoms with Gasteiger partial charge in [0.2, 0.25) is 10.0 Å². The molecule has 0 spiro atoms. The number of rotatable bonds is 14. The summed E-state index contributed by atoms with van der Waals surface area (Å²) in [6.07, 6.45) is 3.50. The highest BCUT2D eigenvalue weighted by Gasteiger charge is 2.44. The molecule has 0 aliphatic heterocycles. The van der Waals surface area contributed by atoms with E-state index in [-0.39, 0.29) is 16.2 Å². The van der Waals surface area contributed by atoms with Gasteiger partial charge in [0.1, 0.15) is 0 Å². The van der Waals surface area contributed by atoms with Crippen molar-refractivity contribution in [3.63, 3.8) is 0 Å². The predicted molar refractivity (Wildman–Crippen MR) is 177 cm³/mol.